The van der Waals surface area contributed by atoms with Gasteiger partial charge in [-0.2, -0.15) is 0 Å². The van der Waals surface area contributed by atoms with Gasteiger partial charge in [0.2, 0.25) is 0 Å². The molecular weight excluding hydrogens is 275 g/mol. The number of para-hydroxylation sites is 3. The Kier molecular flexibility index (Phi) is 6.44. The summed E-state index contributed by atoms with van der Waals surface area (Å²) in [5.74, 6) is 1.84. The molecule has 22 heavy (non-hydrogen) atoms. The van der Waals surface area contributed by atoms with Crippen molar-refractivity contribution < 1.29 is 14.4 Å². The maximum atomic E-state index is 8.63. The van der Waals surface area contributed by atoms with E-state index in [1.807, 2.05) is 66.7 Å². The minimum atomic E-state index is 0.322. The van der Waals surface area contributed by atoms with Crippen LogP contribution in [0.15, 0.2) is 91.0 Å². The molecule has 0 amide bonds. The standard InChI is InChI=1S/C12H10BO2.C6H6O/c1-3-7-11(8-4-1)14-13-15-12-9-5-2-6-10-12;7-6-4-2-1-3-5-6/h1-10H;1-5,7H. The van der Waals surface area contributed by atoms with E-state index in [4.69, 9.17) is 14.4 Å². The molecule has 3 aromatic carbocycles. The normalized spacial score (nSPS) is 9.09. The smallest absolute Gasteiger partial charge is 0.526 e. The molecule has 0 fully saturated rings. The summed E-state index contributed by atoms with van der Waals surface area (Å²) < 4.78 is 10.5. The van der Waals surface area contributed by atoms with Crippen molar-refractivity contribution in [3.8, 4) is 17.2 Å². The van der Waals surface area contributed by atoms with Crippen LogP contribution in [0.3, 0.4) is 0 Å². The van der Waals surface area contributed by atoms with Crippen LogP contribution in [0.2, 0.25) is 0 Å². The molecule has 0 saturated carbocycles. The van der Waals surface area contributed by atoms with E-state index in [1.54, 1.807) is 24.3 Å². The van der Waals surface area contributed by atoms with E-state index in [0.29, 0.717) is 5.75 Å². The second-order valence-electron chi connectivity index (χ2n) is 4.29. The average molecular weight is 291 g/mol. The van der Waals surface area contributed by atoms with Crippen LogP contribution in [0.25, 0.3) is 0 Å². The average Bonchev–Trinajstić information content (AvgIpc) is 2.58. The quantitative estimate of drug-likeness (QED) is 0.736. The van der Waals surface area contributed by atoms with Crippen molar-refractivity contribution in [3.05, 3.63) is 91.0 Å². The number of hydrogen-bond donors (Lipinski definition) is 1. The first-order valence-corrected chi connectivity index (χ1v) is 6.84. The van der Waals surface area contributed by atoms with Gasteiger partial charge in [0.15, 0.2) is 0 Å². The number of phenols is 1. The Hall–Kier alpha value is -2.88. The number of hydrogen-bond acceptors (Lipinski definition) is 3. The lowest BCUT2D eigenvalue weighted by Gasteiger charge is -2.05. The van der Waals surface area contributed by atoms with Gasteiger partial charge in [-0.25, -0.2) is 0 Å². The zero-order valence-corrected chi connectivity index (χ0v) is 12.0. The molecule has 3 aromatic rings. The Bertz CT molecular complexity index is 591. The Labute approximate surface area is 131 Å². The van der Waals surface area contributed by atoms with Crippen LogP contribution < -0.4 is 9.31 Å². The highest BCUT2D eigenvalue weighted by Gasteiger charge is 1.99. The third-order valence-corrected chi connectivity index (χ3v) is 2.61. The lowest BCUT2D eigenvalue weighted by atomic mass is 10.3. The summed E-state index contributed by atoms with van der Waals surface area (Å²) in [5.41, 5.74) is 0. The van der Waals surface area contributed by atoms with E-state index in [-0.39, 0.29) is 0 Å². The van der Waals surface area contributed by atoms with Crippen LogP contribution in [0.5, 0.6) is 17.2 Å². The Balaban J connectivity index is 0.000000211. The predicted molar refractivity (Wildman–Crippen MR) is 88.0 cm³/mol. The van der Waals surface area contributed by atoms with E-state index < -0.39 is 0 Å². The largest absolute Gasteiger partial charge is 0.658 e. The van der Waals surface area contributed by atoms with E-state index in [9.17, 15) is 0 Å². The first kappa shape index (κ1) is 15.5. The number of benzene rings is 3. The van der Waals surface area contributed by atoms with Crippen LogP contribution in [0.1, 0.15) is 0 Å². The summed E-state index contributed by atoms with van der Waals surface area (Å²) in [4.78, 5) is 0. The second kappa shape index (κ2) is 9.13. The highest BCUT2D eigenvalue weighted by atomic mass is 16.6. The van der Waals surface area contributed by atoms with Crippen molar-refractivity contribution in [1.29, 1.82) is 0 Å². The summed E-state index contributed by atoms with van der Waals surface area (Å²) in [6.45, 7) is 0. The van der Waals surface area contributed by atoms with Gasteiger partial charge in [0, 0.05) is 0 Å². The van der Waals surface area contributed by atoms with Gasteiger partial charge in [-0.3, -0.25) is 0 Å². The van der Waals surface area contributed by atoms with Gasteiger partial charge in [0.25, 0.3) is 0 Å². The fourth-order valence-corrected chi connectivity index (χ4v) is 1.56. The number of phenolic OH excluding ortho intramolecular Hbond substituents is 1. The second-order valence-corrected chi connectivity index (χ2v) is 4.29. The molecule has 0 aromatic heterocycles. The van der Waals surface area contributed by atoms with E-state index in [1.165, 1.54) is 7.69 Å². The Morgan fingerprint density at radius 3 is 1.23 bits per heavy atom. The SMILES string of the molecule is Oc1ccccc1.[B](Oc1ccccc1)Oc1ccccc1. The van der Waals surface area contributed by atoms with E-state index in [2.05, 4.69) is 0 Å². The third-order valence-electron chi connectivity index (χ3n) is 2.61. The predicted octanol–water partition coefficient (Wildman–Crippen LogP) is 4.07. The lowest BCUT2D eigenvalue weighted by molar-refractivity contribution is 0.459. The minimum absolute atomic E-state index is 0.322. The van der Waals surface area contributed by atoms with Gasteiger partial charge in [-0.15, -0.1) is 0 Å². The zero-order valence-electron chi connectivity index (χ0n) is 12.0. The first-order valence-electron chi connectivity index (χ1n) is 6.84. The lowest BCUT2D eigenvalue weighted by Crippen LogP contribution is -2.10. The van der Waals surface area contributed by atoms with Gasteiger partial charge in [0.1, 0.15) is 17.2 Å². The molecular formula is C18H16BO3. The third kappa shape index (κ3) is 6.05. The van der Waals surface area contributed by atoms with E-state index >= 15 is 0 Å². The van der Waals surface area contributed by atoms with Crippen LogP contribution in [0.4, 0.5) is 0 Å². The van der Waals surface area contributed by atoms with Gasteiger partial charge in [-0.05, 0) is 36.4 Å². The van der Waals surface area contributed by atoms with Gasteiger partial charge < -0.3 is 14.4 Å². The summed E-state index contributed by atoms with van der Waals surface area (Å²) in [6.07, 6.45) is 0. The molecule has 4 heteroatoms. The molecule has 109 valence electrons. The summed E-state index contributed by atoms with van der Waals surface area (Å²) in [7, 11) is 1.32. The van der Waals surface area contributed by atoms with Crippen molar-refractivity contribution in [2.75, 3.05) is 0 Å². The molecule has 1 radical (unpaired) electrons. The van der Waals surface area contributed by atoms with Crippen LogP contribution >= 0.6 is 0 Å². The summed E-state index contributed by atoms with van der Waals surface area (Å²) >= 11 is 0. The molecule has 0 aliphatic heterocycles. The van der Waals surface area contributed by atoms with Crippen molar-refractivity contribution in [2.24, 2.45) is 0 Å². The molecule has 0 atom stereocenters. The molecule has 0 spiro atoms. The van der Waals surface area contributed by atoms with Crippen LogP contribution in [-0.4, -0.2) is 12.8 Å². The fraction of sp³-hybridized carbons (Fsp3) is 0. The van der Waals surface area contributed by atoms with Crippen molar-refractivity contribution >= 4 is 7.69 Å². The highest BCUT2D eigenvalue weighted by molar-refractivity contribution is 6.20. The molecule has 0 bridgehead atoms. The molecule has 0 unspecified atom stereocenters. The topological polar surface area (TPSA) is 38.7 Å². The molecule has 0 heterocycles. The molecule has 0 aliphatic rings. The van der Waals surface area contributed by atoms with Crippen LogP contribution in [-0.2, 0) is 0 Å². The van der Waals surface area contributed by atoms with Gasteiger partial charge in [-0.1, -0.05) is 54.6 Å². The zero-order chi connectivity index (χ0) is 15.5. The molecule has 0 aliphatic carbocycles. The number of rotatable bonds is 4. The highest BCUT2D eigenvalue weighted by Crippen LogP contribution is 2.10. The maximum Gasteiger partial charge on any atom is 0.658 e. The van der Waals surface area contributed by atoms with E-state index in [0.717, 1.165) is 11.5 Å². The van der Waals surface area contributed by atoms with Crippen LogP contribution in [0, 0.1) is 0 Å². The monoisotopic (exact) mass is 291 g/mol. The minimum Gasteiger partial charge on any atom is -0.526 e. The summed E-state index contributed by atoms with van der Waals surface area (Å²) in [6, 6.07) is 27.7. The fourth-order valence-electron chi connectivity index (χ4n) is 1.56. The maximum absolute atomic E-state index is 8.63. The summed E-state index contributed by atoms with van der Waals surface area (Å²) in [5, 5.41) is 8.63. The number of aromatic hydroxyl groups is 1. The molecule has 0 saturated heterocycles. The van der Waals surface area contributed by atoms with Crippen molar-refractivity contribution in [2.45, 2.75) is 0 Å². The Morgan fingerprint density at radius 1 is 0.545 bits per heavy atom. The van der Waals surface area contributed by atoms with Gasteiger partial charge in [0.05, 0.1) is 0 Å². The molecule has 3 rings (SSSR count). The first-order chi connectivity index (χ1) is 10.8. The van der Waals surface area contributed by atoms with Crippen molar-refractivity contribution in [1.82, 2.24) is 0 Å². The molecule has 3 nitrogen and oxygen atoms in total. The van der Waals surface area contributed by atoms with Crippen molar-refractivity contribution in [3.63, 3.8) is 0 Å². The molecule has 1 N–H and O–H groups in total. The Morgan fingerprint density at radius 2 is 0.909 bits per heavy atom. The van der Waals surface area contributed by atoms with Gasteiger partial charge >= 0.3 is 7.69 Å².